The first-order valence-corrected chi connectivity index (χ1v) is 10.4. The van der Waals surface area contributed by atoms with E-state index in [0.29, 0.717) is 24.1 Å². The lowest BCUT2D eigenvalue weighted by Gasteiger charge is -2.40. The highest BCUT2D eigenvalue weighted by atomic mass is 35.5. The Morgan fingerprint density at radius 1 is 1.13 bits per heavy atom. The van der Waals surface area contributed by atoms with E-state index < -0.39 is 12.2 Å². The third kappa shape index (κ3) is 3.18. The van der Waals surface area contributed by atoms with Crippen molar-refractivity contribution in [2.24, 2.45) is 4.99 Å². The van der Waals surface area contributed by atoms with Crippen molar-refractivity contribution in [3.8, 4) is 5.75 Å². The smallest absolute Gasteiger partial charge is 0.328 e. The summed E-state index contributed by atoms with van der Waals surface area (Å²) in [5, 5.41) is 0.612. The number of methoxy groups -OCH3 is 1. The standard InChI is InChI=1S/C22H22ClN5O3/c1-25-19-18(20(29)28(22(25)30)13-14-6-8-15(23)9-7-14)27-11-10-26(21(27)24-19)16-4-3-5-17(12-16)31-2/h3-9,12,18-19H,10-11,13H2,1-2H3. The van der Waals surface area contributed by atoms with Gasteiger partial charge in [0.2, 0.25) is 5.96 Å². The number of carbonyl (C=O) groups is 2. The molecule has 2 saturated heterocycles. The molecule has 3 amide bonds. The predicted molar refractivity (Wildman–Crippen MR) is 117 cm³/mol. The van der Waals surface area contributed by atoms with Crippen molar-refractivity contribution in [1.82, 2.24) is 14.7 Å². The van der Waals surface area contributed by atoms with Crippen molar-refractivity contribution in [3.05, 3.63) is 59.1 Å². The molecule has 2 atom stereocenters. The molecule has 2 fully saturated rings. The van der Waals surface area contributed by atoms with Gasteiger partial charge in [0.05, 0.1) is 13.7 Å². The summed E-state index contributed by atoms with van der Waals surface area (Å²) >= 11 is 5.96. The fourth-order valence-electron chi connectivity index (χ4n) is 4.38. The first-order chi connectivity index (χ1) is 15.0. The van der Waals surface area contributed by atoms with Gasteiger partial charge in [-0.2, -0.15) is 0 Å². The SMILES string of the molecule is COc1cccc(N2CCN3C2=NC2C3C(=O)N(Cc3ccc(Cl)cc3)C(=O)N2C)c1. The van der Waals surface area contributed by atoms with Gasteiger partial charge in [-0.15, -0.1) is 0 Å². The van der Waals surface area contributed by atoms with Crippen molar-refractivity contribution in [3.63, 3.8) is 0 Å². The number of halogens is 1. The van der Waals surface area contributed by atoms with E-state index >= 15 is 0 Å². The Labute approximate surface area is 185 Å². The molecular formula is C22H22ClN5O3. The number of fused-ring (bicyclic) bond motifs is 3. The Hall–Kier alpha value is -3.26. The average Bonchev–Trinajstić information content (AvgIpc) is 3.36. The lowest BCUT2D eigenvalue weighted by molar-refractivity contribution is -0.137. The minimum absolute atomic E-state index is 0.200. The summed E-state index contributed by atoms with van der Waals surface area (Å²) in [4.78, 5) is 38.1. The van der Waals surface area contributed by atoms with Crippen LogP contribution < -0.4 is 9.64 Å². The number of imide groups is 1. The molecule has 3 aliphatic heterocycles. The number of guanidine groups is 1. The molecular weight excluding hydrogens is 418 g/mol. The Morgan fingerprint density at radius 3 is 2.65 bits per heavy atom. The van der Waals surface area contributed by atoms with Crippen LogP contribution in [0.2, 0.25) is 5.02 Å². The fraction of sp³-hybridized carbons (Fsp3) is 0.318. The summed E-state index contributed by atoms with van der Waals surface area (Å²) in [6.07, 6.45) is -0.537. The molecule has 2 unspecified atom stereocenters. The number of hydrogen-bond donors (Lipinski definition) is 0. The van der Waals surface area contributed by atoms with Crippen LogP contribution in [-0.2, 0) is 11.3 Å². The van der Waals surface area contributed by atoms with E-state index in [-0.39, 0.29) is 18.5 Å². The number of likely N-dealkylation sites (N-methyl/N-ethyl adjacent to an activating group) is 1. The molecule has 8 nitrogen and oxygen atoms in total. The van der Waals surface area contributed by atoms with E-state index in [4.69, 9.17) is 21.3 Å². The molecule has 2 aromatic carbocycles. The number of aliphatic imine (C=N–C) groups is 1. The number of carbonyl (C=O) groups excluding carboxylic acids is 2. The number of anilines is 1. The van der Waals surface area contributed by atoms with E-state index in [1.165, 1.54) is 4.90 Å². The summed E-state index contributed by atoms with van der Waals surface area (Å²) in [6.45, 7) is 1.56. The molecule has 0 radical (unpaired) electrons. The van der Waals surface area contributed by atoms with Crippen LogP contribution in [0.3, 0.4) is 0 Å². The van der Waals surface area contributed by atoms with Gasteiger partial charge in [-0.1, -0.05) is 29.8 Å². The number of rotatable bonds is 4. The van der Waals surface area contributed by atoms with E-state index in [1.54, 1.807) is 31.2 Å². The van der Waals surface area contributed by atoms with Crippen LogP contribution in [0.15, 0.2) is 53.5 Å². The van der Waals surface area contributed by atoms with Gasteiger partial charge in [-0.25, -0.2) is 9.79 Å². The fourth-order valence-corrected chi connectivity index (χ4v) is 4.50. The maximum absolute atomic E-state index is 13.4. The van der Waals surface area contributed by atoms with Crippen LogP contribution >= 0.6 is 11.6 Å². The monoisotopic (exact) mass is 439 g/mol. The molecule has 0 saturated carbocycles. The molecule has 0 N–H and O–H groups in total. The second-order valence-electron chi connectivity index (χ2n) is 7.78. The zero-order chi connectivity index (χ0) is 21.7. The summed E-state index contributed by atoms with van der Waals surface area (Å²) in [5.74, 6) is 1.24. The minimum atomic E-state index is -0.537. The molecule has 0 bridgehead atoms. The van der Waals surface area contributed by atoms with Crippen LogP contribution in [0, 0.1) is 0 Å². The number of urea groups is 1. The molecule has 31 heavy (non-hydrogen) atoms. The quantitative estimate of drug-likeness (QED) is 0.732. The van der Waals surface area contributed by atoms with Gasteiger partial charge in [0.25, 0.3) is 5.91 Å². The molecule has 3 heterocycles. The number of amides is 3. The normalized spacial score (nSPS) is 22.6. The van der Waals surface area contributed by atoms with E-state index in [9.17, 15) is 9.59 Å². The second kappa shape index (κ2) is 7.46. The molecule has 0 aromatic heterocycles. The van der Waals surface area contributed by atoms with E-state index in [1.807, 2.05) is 41.3 Å². The summed E-state index contributed by atoms with van der Waals surface area (Å²) in [6, 6.07) is 14.0. The van der Waals surface area contributed by atoms with Crippen LogP contribution in [0.4, 0.5) is 10.5 Å². The van der Waals surface area contributed by atoms with Gasteiger partial charge in [-0.05, 0) is 29.8 Å². The molecule has 3 aliphatic rings. The van der Waals surface area contributed by atoms with Crippen molar-refractivity contribution in [2.75, 3.05) is 32.1 Å². The first-order valence-electron chi connectivity index (χ1n) is 10.1. The number of benzene rings is 2. The van der Waals surface area contributed by atoms with Gasteiger partial charge in [0.1, 0.15) is 5.75 Å². The van der Waals surface area contributed by atoms with Crippen LogP contribution in [-0.4, -0.2) is 72.1 Å². The highest BCUT2D eigenvalue weighted by Crippen LogP contribution is 2.34. The van der Waals surface area contributed by atoms with Crippen LogP contribution in [0.25, 0.3) is 0 Å². The van der Waals surface area contributed by atoms with E-state index in [2.05, 4.69) is 4.90 Å². The van der Waals surface area contributed by atoms with Crippen LogP contribution in [0.1, 0.15) is 5.56 Å². The largest absolute Gasteiger partial charge is 0.497 e. The lowest BCUT2D eigenvalue weighted by Crippen LogP contribution is -2.64. The Kier molecular flexibility index (Phi) is 4.74. The van der Waals surface area contributed by atoms with Gasteiger partial charge < -0.3 is 19.4 Å². The van der Waals surface area contributed by atoms with Crippen LogP contribution in [0.5, 0.6) is 5.75 Å². The Balaban J connectivity index is 1.43. The summed E-state index contributed by atoms with van der Waals surface area (Å²) < 4.78 is 5.34. The second-order valence-corrected chi connectivity index (χ2v) is 8.21. The van der Waals surface area contributed by atoms with Gasteiger partial charge in [0, 0.05) is 36.9 Å². The number of hydrogen-bond acceptors (Lipinski definition) is 6. The Bertz CT molecular complexity index is 1070. The first kappa shape index (κ1) is 19.7. The van der Waals surface area contributed by atoms with Crippen molar-refractivity contribution in [2.45, 2.75) is 18.8 Å². The van der Waals surface area contributed by atoms with Crippen molar-refractivity contribution >= 4 is 35.2 Å². The highest BCUT2D eigenvalue weighted by molar-refractivity contribution is 6.30. The maximum atomic E-state index is 13.4. The maximum Gasteiger partial charge on any atom is 0.328 e. The highest BCUT2D eigenvalue weighted by Gasteiger charge is 2.54. The van der Waals surface area contributed by atoms with Crippen molar-refractivity contribution < 1.29 is 14.3 Å². The molecule has 2 aromatic rings. The zero-order valence-electron chi connectivity index (χ0n) is 17.2. The van der Waals surface area contributed by atoms with Gasteiger partial charge in [-0.3, -0.25) is 9.69 Å². The number of nitrogens with zero attached hydrogens (tertiary/aromatic N) is 5. The molecule has 5 rings (SSSR count). The Morgan fingerprint density at radius 2 is 1.90 bits per heavy atom. The number of ether oxygens (including phenoxy) is 1. The molecule has 0 aliphatic carbocycles. The van der Waals surface area contributed by atoms with E-state index in [0.717, 1.165) is 17.0 Å². The van der Waals surface area contributed by atoms with Gasteiger partial charge in [0.15, 0.2) is 12.2 Å². The van der Waals surface area contributed by atoms with Gasteiger partial charge >= 0.3 is 6.03 Å². The topological polar surface area (TPSA) is 68.7 Å². The summed E-state index contributed by atoms with van der Waals surface area (Å²) in [7, 11) is 3.33. The third-order valence-corrected chi connectivity index (χ3v) is 6.25. The third-order valence-electron chi connectivity index (χ3n) is 6.00. The van der Waals surface area contributed by atoms with Crippen molar-refractivity contribution in [1.29, 1.82) is 0 Å². The average molecular weight is 440 g/mol. The molecule has 160 valence electrons. The molecule has 0 spiro atoms. The minimum Gasteiger partial charge on any atom is -0.497 e. The summed E-state index contributed by atoms with van der Waals surface area (Å²) in [5.41, 5.74) is 1.79. The zero-order valence-corrected chi connectivity index (χ0v) is 18.0. The lowest BCUT2D eigenvalue weighted by atomic mass is 10.1. The molecule has 9 heteroatoms. The predicted octanol–water partition coefficient (Wildman–Crippen LogP) is 2.63.